The number of methoxy groups -OCH3 is 1. The van der Waals surface area contributed by atoms with E-state index >= 15 is 0 Å². The highest BCUT2D eigenvalue weighted by Gasteiger charge is 2.32. The van der Waals surface area contributed by atoms with E-state index in [1.165, 1.54) is 0 Å². The lowest BCUT2D eigenvalue weighted by Crippen LogP contribution is -2.42. The van der Waals surface area contributed by atoms with Crippen molar-refractivity contribution in [3.8, 4) is 5.75 Å². The van der Waals surface area contributed by atoms with Crippen molar-refractivity contribution in [1.82, 2.24) is 0 Å². The summed E-state index contributed by atoms with van der Waals surface area (Å²) >= 11 is 0. The number of carbonyl (C=O) groups excluding carboxylic acids is 1. The largest absolute Gasteiger partial charge is 0.496 e. The summed E-state index contributed by atoms with van der Waals surface area (Å²) in [7, 11) is 1.63. The summed E-state index contributed by atoms with van der Waals surface area (Å²) < 4.78 is 10.9. The number of aryl methyl sites for hydroxylation is 1. The highest BCUT2D eigenvalue weighted by molar-refractivity contribution is 5.97. The van der Waals surface area contributed by atoms with Gasteiger partial charge in [0.25, 0.3) is 5.91 Å². The molecule has 4 nitrogen and oxygen atoms in total. The zero-order valence-corrected chi connectivity index (χ0v) is 13.1. The third-order valence-corrected chi connectivity index (χ3v) is 3.32. The maximum atomic E-state index is 12.4. The molecule has 0 saturated heterocycles. The predicted molar refractivity (Wildman–Crippen MR) is 81.3 cm³/mol. The van der Waals surface area contributed by atoms with Gasteiger partial charge in [-0.15, -0.1) is 0 Å². The number of carbonyl (C=O) groups is 1. The van der Waals surface area contributed by atoms with Crippen LogP contribution in [0.5, 0.6) is 5.75 Å². The lowest BCUT2D eigenvalue weighted by molar-refractivity contribution is -0.139. The van der Waals surface area contributed by atoms with Gasteiger partial charge in [0.15, 0.2) is 0 Å². The average molecular weight is 279 g/mol. The second-order valence-electron chi connectivity index (χ2n) is 5.05. The second-order valence-corrected chi connectivity index (χ2v) is 5.05. The van der Waals surface area contributed by atoms with Crippen molar-refractivity contribution in [2.45, 2.75) is 46.1 Å². The summed E-state index contributed by atoms with van der Waals surface area (Å²) in [6.07, 6.45) is 1.59. The molecular formula is C16H25NO3. The van der Waals surface area contributed by atoms with Gasteiger partial charge >= 0.3 is 0 Å². The van der Waals surface area contributed by atoms with Crippen LogP contribution in [0.2, 0.25) is 0 Å². The van der Waals surface area contributed by atoms with Crippen LogP contribution in [0.25, 0.3) is 0 Å². The van der Waals surface area contributed by atoms with Crippen LogP contribution in [0.15, 0.2) is 18.2 Å². The summed E-state index contributed by atoms with van der Waals surface area (Å²) in [4.78, 5) is 12.4. The van der Waals surface area contributed by atoms with E-state index in [4.69, 9.17) is 9.47 Å². The highest BCUT2D eigenvalue weighted by Crippen LogP contribution is 2.24. The van der Waals surface area contributed by atoms with Crippen LogP contribution < -0.4 is 10.1 Å². The van der Waals surface area contributed by atoms with Gasteiger partial charge in [-0.2, -0.15) is 0 Å². The molecule has 4 heteroatoms. The van der Waals surface area contributed by atoms with Crippen LogP contribution in [0.1, 0.15) is 39.2 Å². The van der Waals surface area contributed by atoms with Gasteiger partial charge in [0.2, 0.25) is 0 Å². The first-order valence-corrected chi connectivity index (χ1v) is 7.07. The number of benzene rings is 1. The molecule has 0 aliphatic heterocycles. The van der Waals surface area contributed by atoms with Crippen molar-refractivity contribution in [1.29, 1.82) is 0 Å². The minimum absolute atomic E-state index is 0.106. The molecule has 1 aromatic carbocycles. The lowest BCUT2D eigenvalue weighted by atomic mass is 9.99. The van der Waals surface area contributed by atoms with Gasteiger partial charge in [0.1, 0.15) is 11.4 Å². The maximum absolute atomic E-state index is 12.4. The van der Waals surface area contributed by atoms with E-state index < -0.39 is 5.60 Å². The Hall–Kier alpha value is -1.55. The van der Waals surface area contributed by atoms with Crippen molar-refractivity contribution in [3.63, 3.8) is 0 Å². The summed E-state index contributed by atoms with van der Waals surface area (Å²) in [6, 6.07) is 5.58. The van der Waals surface area contributed by atoms with Crippen LogP contribution in [0, 0.1) is 6.92 Å². The second kappa shape index (κ2) is 7.29. The van der Waals surface area contributed by atoms with E-state index in [-0.39, 0.29) is 5.91 Å². The highest BCUT2D eigenvalue weighted by atomic mass is 16.5. The molecule has 1 aromatic rings. The van der Waals surface area contributed by atoms with Crippen molar-refractivity contribution < 1.29 is 14.3 Å². The number of nitrogens with one attached hydrogen (secondary N) is 1. The van der Waals surface area contributed by atoms with Gasteiger partial charge in [-0.1, -0.05) is 13.3 Å². The minimum atomic E-state index is -0.780. The molecular weight excluding hydrogens is 254 g/mol. The van der Waals surface area contributed by atoms with E-state index in [1.807, 2.05) is 45.9 Å². The number of amides is 1. The number of rotatable bonds is 7. The van der Waals surface area contributed by atoms with Gasteiger partial charge in [-0.25, -0.2) is 0 Å². The summed E-state index contributed by atoms with van der Waals surface area (Å²) in [6.45, 7) is 8.25. The molecule has 1 N–H and O–H groups in total. The van der Waals surface area contributed by atoms with E-state index in [1.54, 1.807) is 7.11 Å². The first kappa shape index (κ1) is 16.5. The third kappa shape index (κ3) is 3.97. The molecule has 1 atom stereocenters. The van der Waals surface area contributed by atoms with Gasteiger partial charge in [0, 0.05) is 12.3 Å². The number of hydrogen-bond acceptors (Lipinski definition) is 3. The van der Waals surface area contributed by atoms with Crippen LogP contribution in [-0.2, 0) is 9.53 Å². The molecule has 0 aliphatic rings. The molecule has 0 bridgehead atoms. The minimum Gasteiger partial charge on any atom is -0.496 e. The average Bonchev–Trinajstić information content (AvgIpc) is 2.39. The Bertz CT molecular complexity index is 451. The summed E-state index contributed by atoms with van der Waals surface area (Å²) in [5.41, 5.74) is 0.964. The lowest BCUT2D eigenvalue weighted by Gasteiger charge is -2.28. The van der Waals surface area contributed by atoms with Crippen LogP contribution in [0.3, 0.4) is 0 Å². The fraction of sp³-hybridized carbons (Fsp3) is 0.562. The first-order valence-electron chi connectivity index (χ1n) is 7.07. The topological polar surface area (TPSA) is 47.6 Å². The molecule has 0 spiro atoms. The van der Waals surface area contributed by atoms with Crippen molar-refractivity contribution in [3.05, 3.63) is 23.8 Å². The summed E-state index contributed by atoms with van der Waals surface area (Å²) in [5.74, 6) is 0.704. The van der Waals surface area contributed by atoms with E-state index in [2.05, 4.69) is 5.32 Å². The van der Waals surface area contributed by atoms with Crippen LogP contribution >= 0.6 is 0 Å². The first-order chi connectivity index (χ1) is 9.46. The zero-order chi connectivity index (χ0) is 15.2. The monoisotopic (exact) mass is 279 g/mol. The van der Waals surface area contributed by atoms with Gasteiger partial charge in [-0.3, -0.25) is 4.79 Å². The van der Waals surface area contributed by atoms with E-state index in [0.717, 1.165) is 23.4 Å². The number of anilines is 1. The molecule has 0 saturated carbocycles. The normalized spacial score (nSPS) is 13.7. The number of hydrogen-bond donors (Lipinski definition) is 1. The Morgan fingerprint density at radius 1 is 1.35 bits per heavy atom. The number of ether oxygens (including phenoxy) is 2. The zero-order valence-electron chi connectivity index (χ0n) is 13.1. The van der Waals surface area contributed by atoms with Gasteiger partial charge in [-0.05, 0) is 51.0 Å². The SMILES string of the molecule is CCCC(C)(OCC)C(=O)Nc1ccc(OC)c(C)c1. The Morgan fingerprint density at radius 3 is 2.55 bits per heavy atom. The molecule has 0 heterocycles. The molecule has 0 fully saturated rings. The van der Waals surface area contributed by atoms with Crippen LogP contribution in [-0.4, -0.2) is 25.2 Å². The molecule has 0 aliphatic carbocycles. The smallest absolute Gasteiger partial charge is 0.256 e. The fourth-order valence-electron chi connectivity index (χ4n) is 2.27. The van der Waals surface area contributed by atoms with Crippen LogP contribution in [0.4, 0.5) is 5.69 Å². The van der Waals surface area contributed by atoms with E-state index in [0.29, 0.717) is 13.0 Å². The Labute approximate surface area is 121 Å². The van der Waals surface area contributed by atoms with Gasteiger partial charge in [0.05, 0.1) is 7.11 Å². The molecule has 20 heavy (non-hydrogen) atoms. The van der Waals surface area contributed by atoms with Crippen molar-refractivity contribution >= 4 is 11.6 Å². The third-order valence-electron chi connectivity index (χ3n) is 3.32. The molecule has 112 valence electrons. The predicted octanol–water partition coefficient (Wildman–Crippen LogP) is 3.54. The Balaban J connectivity index is 2.85. The molecule has 0 aromatic heterocycles. The fourth-order valence-corrected chi connectivity index (χ4v) is 2.27. The standard InChI is InChI=1S/C16H25NO3/c1-6-10-16(4,20-7-2)15(18)17-13-8-9-14(19-5)12(3)11-13/h8-9,11H,6-7,10H2,1-5H3,(H,17,18). The van der Waals surface area contributed by atoms with Crippen molar-refractivity contribution in [2.75, 3.05) is 19.0 Å². The Kier molecular flexibility index (Phi) is 6.02. The quantitative estimate of drug-likeness (QED) is 0.830. The van der Waals surface area contributed by atoms with Crippen molar-refractivity contribution in [2.24, 2.45) is 0 Å². The van der Waals surface area contributed by atoms with E-state index in [9.17, 15) is 4.79 Å². The summed E-state index contributed by atoms with van der Waals surface area (Å²) in [5, 5.41) is 2.92. The molecule has 1 unspecified atom stereocenters. The maximum Gasteiger partial charge on any atom is 0.256 e. The Morgan fingerprint density at radius 2 is 2.05 bits per heavy atom. The molecule has 1 amide bonds. The molecule has 0 radical (unpaired) electrons. The van der Waals surface area contributed by atoms with Gasteiger partial charge < -0.3 is 14.8 Å². The molecule has 1 rings (SSSR count).